The summed E-state index contributed by atoms with van der Waals surface area (Å²) in [5.74, 6) is 0. The Bertz CT molecular complexity index is 2790. The van der Waals surface area contributed by atoms with Crippen LogP contribution in [0.25, 0.3) is 60.6 Å². The van der Waals surface area contributed by atoms with E-state index in [1.165, 1.54) is 92.6 Å². The highest BCUT2D eigenvalue weighted by molar-refractivity contribution is 7.99. The fraction of sp³-hybridized carbons (Fsp3) is 0.182. The highest BCUT2D eigenvalue weighted by Gasteiger charge is 2.47. The minimum absolute atomic E-state index is 0.0116. The first kappa shape index (κ1) is 28.0. The zero-order valence-corrected chi connectivity index (χ0v) is 29.4. The molecule has 8 aromatic rings. The van der Waals surface area contributed by atoms with Crippen LogP contribution in [0.4, 0.5) is 11.4 Å². The zero-order chi connectivity index (χ0) is 33.1. The third-order valence-corrected chi connectivity index (χ3v) is 12.3. The molecule has 49 heavy (non-hydrogen) atoms. The number of hydrogen-bond donors (Lipinski definition) is 0. The van der Waals surface area contributed by atoms with Crippen LogP contribution in [-0.2, 0) is 10.8 Å². The maximum atomic E-state index is 6.76. The standard InChI is InChI=1S/C44H35BN2OS/c1-43(2,3)24-18-19-32-28(20-24)30-21-25(44(4,5)6)22-31-40(30)46(32)42-38-27-12-7-9-15-34(27)48-35(38)23-29-26-13-11-17-37-41(26)47(45(31)39(29)42)33-14-8-10-16-36(33)49-37/h7-23H,1-6H3. The number of benzene rings is 6. The van der Waals surface area contributed by atoms with Gasteiger partial charge in [0.1, 0.15) is 11.2 Å². The van der Waals surface area contributed by atoms with Gasteiger partial charge in [-0.05, 0) is 87.0 Å². The van der Waals surface area contributed by atoms with Gasteiger partial charge in [-0.3, -0.25) is 0 Å². The van der Waals surface area contributed by atoms with E-state index < -0.39 is 0 Å². The van der Waals surface area contributed by atoms with Crippen molar-refractivity contribution in [3.63, 3.8) is 0 Å². The number of furan rings is 1. The molecule has 3 aliphatic rings. The summed E-state index contributed by atoms with van der Waals surface area (Å²) in [6.45, 7) is 14.0. The minimum Gasteiger partial charge on any atom is -0.456 e. The van der Waals surface area contributed by atoms with Gasteiger partial charge in [0.15, 0.2) is 0 Å². The van der Waals surface area contributed by atoms with E-state index in [9.17, 15) is 0 Å². The third-order valence-electron chi connectivity index (χ3n) is 11.2. The van der Waals surface area contributed by atoms with Gasteiger partial charge in [0.05, 0.1) is 27.8 Å². The molecule has 0 fully saturated rings. The van der Waals surface area contributed by atoms with E-state index in [1.54, 1.807) is 0 Å². The van der Waals surface area contributed by atoms with Crippen molar-refractivity contribution in [1.29, 1.82) is 0 Å². The predicted octanol–water partition coefficient (Wildman–Crippen LogP) is 11.0. The molecule has 2 aromatic heterocycles. The average molecular weight is 651 g/mol. The van der Waals surface area contributed by atoms with Crippen molar-refractivity contribution in [2.24, 2.45) is 0 Å². The molecule has 0 spiro atoms. The van der Waals surface area contributed by atoms with Crippen molar-refractivity contribution in [1.82, 2.24) is 4.57 Å². The van der Waals surface area contributed by atoms with Gasteiger partial charge in [-0.15, -0.1) is 0 Å². The minimum atomic E-state index is -0.0258. The highest BCUT2D eigenvalue weighted by atomic mass is 32.2. The Hall–Kier alpha value is -4.87. The average Bonchev–Trinajstić information content (AvgIpc) is 3.62. The Balaban J connectivity index is 1.42. The van der Waals surface area contributed by atoms with E-state index in [-0.39, 0.29) is 17.7 Å². The fourth-order valence-corrected chi connectivity index (χ4v) is 9.98. The molecular formula is C44H35BN2OS. The SMILES string of the molecule is CC(C)(C)c1ccc2c(c1)c1cc(C(C)(C)C)cc3c1n2-c1c2c(cc4oc5ccccc5c14)-c1cccc4c1N(B23)c1ccccc1S4. The van der Waals surface area contributed by atoms with E-state index in [1.807, 2.05) is 11.8 Å². The second-order valence-corrected chi connectivity index (χ2v) is 17.3. The van der Waals surface area contributed by atoms with Crippen LogP contribution in [0.2, 0.25) is 0 Å². The summed E-state index contributed by atoms with van der Waals surface area (Å²) >= 11 is 1.89. The summed E-state index contributed by atoms with van der Waals surface area (Å²) < 4.78 is 9.37. The highest BCUT2D eigenvalue weighted by Crippen LogP contribution is 2.56. The fourth-order valence-electron chi connectivity index (χ4n) is 8.88. The first-order valence-corrected chi connectivity index (χ1v) is 18.2. The molecule has 236 valence electrons. The van der Waals surface area contributed by atoms with Crippen molar-refractivity contribution < 1.29 is 4.42 Å². The van der Waals surface area contributed by atoms with Crippen LogP contribution in [0, 0.1) is 0 Å². The number of nitrogens with zero attached hydrogens (tertiary/aromatic N) is 2. The molecular weight excluding hydrogens is 615 g/mol. The van der Waals surface area contributed by atoms with Gasteiger partial charge in [-0.2, -0.15) is 0 Å². The van der Waals surface area contributed by atoms with Crippen molar-refractivity contribution in [3.8, 4) is 16.8 Å². The molecule has 0 radical (unpaired) electrons. The first-order valence-electron chi connectivity index (χ1n) is 17.4. The molecule has 0 N–H and O–H groups in total. The lowest BCUT2D eigenvalue weighted by Crippen LogP contribution is -2.61. The Morgan fingerprint density at radius 2 is 1.37 bits per heavy atom. The summed E-state index contributed by atoms with van der Waals surface area (Å²) in [7, 11) is 0. The van der Waals surface area contributed by atoms with Gasteiger partial charge in [0.25, 0.3) is 0 Å². The maximum absolute atomic E-state index is 6.76. The molecule has 5 heteroatoms. The van der Waals surface area contributed by atoms with Crippen molar-refractivity contribution in [3.05, 3.63) is 114 Å². The van der Waals surface area contributed by atoms with Crippen molar-refractivity contribution in [2.45, 2.75) is 62.2 Å². The summed E-state index contributed by atoms with van der Waals surface area (Å²) in [5, 5.41) is 5.01. The largest absolute Gasteiger partial charge is 0.456 e. The van der Waals surface area contributed by atoms with Crippen LogP contribution in [0.5, 0.6) is 0 Å². The van der Waals surface area contributed by atoms with Gasteiger partial charge in [-0.1, -0.05) is 108 Å². The molecule has 3 nitrogen and oxygen atoms in total. The van der Waals surface area contributed by atoms with Crippen LogP contribution in [-0.4, -0.2) is 11.4 Å². The molecule has 0 aliphatic carbocycles. The lowest BCUT2D eigenvalue weighted by molar-refractivity contribution is 0.590. The lowest BCUT2D eigenvalue weighted by atomic mass is 9.43. The third kappa shape index (κ3) is 3.51. The number of para-hydroxylation sites is 3. The Kier molecular flexibility index (Phi) is 5.16. The van der Waals surface area contributed by atoms with Gasteiger partial charge < -0.3 is 13.8 Å². The molecule has 0 saturated heterocycles. The zero-order valence-electron chi connectivity index (χ0n) is 28.6. The second kappa shape index (κ2) is 9.02. The van der Waals surface area contributed by atoms with Gasteiger partial charge in [0, 0.05) is 37.2 Å². The van der Waals surface area contributed by atoms with Crippen molar-refractivity contribution in [2.75, 3.05) is 4.81 Å². The molecule has 0 atom stereocenters. The summed E-state index contributed by atoms with van der Waals surface area (Å²) in [6, 6.07) is 39.0. The molecule has 0 saturated carbocycles. The predicted molar refractivity (Wildman–Crippen MR) is 209 cm³/mol. The summed E-state index contributed by atoms with van der Waals surface area (Å²) in [4.78, 5) is 5.28. The molecule has 0 bridgehead atoms. The number of hydrogen-bond acceptors (Lipinski definition) is 3. The van der Waals surface area contributed by atoms with E-state index in [0.29, 0.717) is 0 Å². The molecule has 0 unspecified atom stereocenters. The van der Waals surface area contributed by atoms with Crippen molar-refractivity contribution >= 4 is 84.7 Å². The van der Waals surface area contributed by atoms with Gasteiger partial charge >= 0.3 is 6.85 Å². The molecule has 6 aromatic carbocycles. The Morgan fingerprint density at radius 1 is 0.612 bits per heavy atom. The van der Waals surface area contributed by atoms with Crippen LogP contribution >= 0.6 is 11.8 Å². The van der Waals surface area contributed by atoms with Crippen LogP contribution in [0.15, 0.2) is 117 Å². The van der Waals surface area contributed by atoms with Gasteiger partial charge in [-0.25, -0.2) is 0 Å². The molecule has 0 amide bonds. The Morgan fingerprint density at radius 3 is 2.20 bits per heavy atom. The number of anilines is 2. The van der Waals surface area contributed by atoms with Gasteiger partial charge in [0.2, 0.25) is 0 Å². The first-order chi connectivity index (χ1) is 23.6. The number of aromatic nitrogens is 1. The maximum Gasteiger partial charge on any atom is 0.333 e. The Labute approximate surface area is 290 Å². The lowest BCUT2D eigenvalue weighted by Gasteiger charge is -2.45. The van der Waals surface area contributed by atoms with Crippen LogP contribution in [0.1, 0.15) is 52.7 Å². The topological polar surface area (TPSA) is 21.3 Å². The molecule has 5 heterocycles. The van der Waals surface area contributed by atoms with E-state index >= 15 is 0 Å². The van der Waals surface area contributed by atoms with E-state index in [4.69, 9.17) is 4.42 Å². The monoisotopic (exact) mass is 650 g/mol. The smallest absolute Gasteiger partial charge is 0.333 e. The summed E-state index contributed by atoms with van der Waals surface area (Å²) in [5.41, 5.74) is 16.3. The van der Waals surface area contributed by atoms with Crippen LogP contribution < -0.4 is 15.7 Å². The van der Waals surface area contributed by atoms with E-state index in [0.717, 1.165) is 11.2 Å². The van der Waals surface area contributed by atoms with Crippen LogP contribution in [0.3, 0.4) is 0 Å². The molecule has 3 aliphatic heterocycles. The summed E-state index contributed by atoms with van der Waals surface area (Å²) in [6.07, 6.45) is 0. The van der Waals surface area contributed by atoms with E-state index in [2.05, 4.69) is 154 Å². The normalized spacial score (nSPS) is 14.6. The quantitative estimate of drug-likeness (QED) is 0.152. The number of fused-ring (bicyclic) bond motifs is 13. The number of rotatable bonds is 0. The second-order valence-electron chi connectivity index (χ2n) is 16.2. The molecule has 11 rings (SSSR count).